The average Bonchev–Trinajstić information content (AvgIpc) is 2.75. The maximum Gasteiger partial charge on any atom is 0.0708 e. The van der Waals surface area contributed by atoms with Crippen LogP contribution in [0.3, 0.4) is 0 Å². The zero-order valence-corrected chi connectivity index (χ0v) is 15.8. The summed E-state index contributed by atoms with van der Waals surface area (Å²) in [6, 6.07) is 34.1. The molecule has 0 amide bonds. The first-order valence-corrected chi connectivity index (χ1v) is 9.32. The molecule has 0 unspecified atom stereocenters. The fraction of sp³-hybridized carbons (Fsp3) is 0.115. The van der Waals surface area contributed by atoms with E-state index in [0.717, 1.165) is 11.3 Å². The molecule has 0 saturated carbocycles. The highest BCUT2D eigenvalue weighted by Crippen LogP contribution is 2.34. The lowest BCUT2D eigenvalue weighted by atomic mass is 9.77. The summed E-state index contributed by atoms with van der Waals surface area (Å²) in [5.41, 5.74) is 7.09. The first-order chi connectivity index (χ1) is 13.1. The number of hydrogen-bond donors (Lipinski definition) is 0. The third-order valence-corrected chi connectivity index (χ3v) is 5.24. The van der Waals surface area contributed by atoms with Gasteiger partial charge in [0, 0.05) is 17.2 Å². The van der Waals surface area contributed by atoms with Crippen LogP contribution in [-0.4, -0.2) is 4.98 Å². The molecule has 1 heteroatoms. The van der Waals surface area contributed by atoms with Crippen molar-refractivity contribution in [1.82, 2.24) is 4.98 Å². The summed E-state index contributed by atoms with van der Waals surface area (Å²) in [6.45, 7) is 4.55. The van der Waals surface area contributed by atoms with Gasteiger partial charge in [0.25, 0.3) is 0 Å². The Kier molecular flexibility index (Phi) is 4.60. The Morgan fingerprint density at radius 3 is 1.93 bits per heavy atom. The van der Waals surface area contributed by atoms with Crippen LogP contribution in [0.25, 0.3) is 22.4 Å². The molecule has 0 bridgehead atoms. The minimum atomic E-state index is -0.0612. The second-order valence-electron chi connectivity index (χ2n) is 7.37. The summed E-state index contributed by atoms with van der Waals surface area (Å²) in [5, 5.41) is 0. The summed E-state index contributed by atoms with van der Waals surface area (Å²) in [7, 11) is 0. The monoisotopic (exact) mass is 349 g/mol. The molecule has 3 aromatic carbocycles. The maximum atomic E-state index is 4.63. The summed E-state index contributed by atoms with van der Waals surface area (Å²) in [5.74, 6) is 0. The van der Waals surface area contributed by atoms with Crippen molar-refractivity contribution in [2.45, 2.75) is 19.3 Å². The smallest absolute Gasteiger partial charge is 0.0708 e. The molecule has 4 aromatic rings. The van der Waals surface area contributed by atoms with Gasteiger partial charge in [-0.25, -0.2) is 0 Å². The second-order valence-corrected chi connectivity index (χ2v) is 7.37. The summed E-state index contributed by atoms with van der Waals surface area (Å²) in [6.07, 6.45) is 1.90. The minimum absolute atomic E-state index is 0.0612. The Morgan fingerprint density at radius 2 is 1.19 bits per heavy atom. The van der Waals surface area contributed by atoms with Gasteiger partial charge in [0.1, 0.15) is 0 Å². The van der Waals surface area contributed by atoms with Crippen LogP contribution in [0.5, 0.6) is 0 Å². The number of aromatic nitrogens is 1. The molecule has 0 spiro atoms. The van der Waals surface area contributed by atoms with Crippen LogP contribution in [0, 0.1) is 0 Å². The van der Waals surface area contributed by atoms with E-state index in [2.05, 4.69) is 110 Å². The van der Waals surface area contributed by atoms with Crippen molar-refractivity contribution < 1.29 is 0 Å². The van der Waals surface area contributed by atoms with Crippen LogP contribution in [0.15, 0.2) is 103 Å². The van der Waals surface area contributed by atoms with Gasteiger partial charge in [-0.3, -0.25) is 4.98 Å². The molecular weight excluding hydrogens is 326 g/mol. The van der Waals surface area contributed by atoms with E-state index < -0.39 is 0 Å². The standard InChI is InChI=1S/C26H23N/c1-26(2,23-13-7-4-8-14-23)24-15-9-12-22(18-24)25-19-21(16-17-27-25)20-10-5-3-6-11-20/h3-19H,1-2H3. The van der Waals surface area contributed by atoms with Gasteiger partial charge in [-0.05, 0) is 40.5 Å². The Labute approximate surface area is 161 Å². The van der Waals surface area contributed by atoms with Crippen molar-refractivity contribution in [3.8, 4) is 22.4 Å². The molecule has 0 fully saturated rings. The van der Waals surface area contributed by atoms with Gasteiger partial charge in [0.05, 0.1) is 5.69 Å². The molecule has 0 aliphatic rings. The van der Waals surface area contributed by atoms with Gasteiger partial charge in [-0.2, -0.15) is 0 Å². The third-order valence-electron chi connectivity index (χ3n) is 5.24. The maximum absolute atomic E-state index is 4.63. The van der Waals surface area contributed by atoms with E-state index in [4.69, 9.17) is 0 Å². The van der Waals surface area contributed by atoms with E-state index in [0.29, 0.717) is 0 Å². The fourth-order valence-electron chi connectivity index (χ4n) is 3.49. The van der Waals surface area contributed by atoms with Crippen LogP contribution in [0.1, 0.15) is 25.0 Å². The molecule has 1 nitrogen and oxygen atoms in total. The molecule has 0 aliphatic heterocycles. The van der Waals surface area contributed by atoms with Crippen LogP contribution in [-0.2, 0) is 5.41 Å². The molecule has 0 atom stereocenters. The van der Waals surface area contributed by atoms with Crippen molar-refractivity contribution in [1.29, 1.82) is 0 Å². The highest BCUT2D eigenvalue weighted by atomic mass is 14.7. The van der Waals surface area contributed by atoms with Crippen molar-refractivity contribution >= 4 is 0 Å². The first kappa shape index (κ1) is 17.2. The van der Waals surface area contributed by atoms with Gasteiger partial charge < -0.3 is 0 Å². The Bertz CT molecular complexity index is 1030. The fourth-order valence-corrected chi connectivity index (χ4v) is 3.49. The van der Waals surface area contributed by atoms with E-state index in [-0.39, 0.29) is 5.41 Å². The van der Waals surface area contributed by atoms with Crippen LogP contribution < -0.4 is 0 Å². The molecule has 4 rings (SSSR count). The Morgan fingerprint density at radius 1 is 0.556 bits per heavy atom. The largest absolute Gasteiger partial charge is 0.256 e. The van der Waals surface area contributed by atoms with E-state index in [1.54, 1.807) is 0 Å². The lowest BCUT2D eigenvalue weighted by Gasteiger charge is -2.26. The van der Waals surface area contributed by atoms with Crippen LogP contribution in [0.4, 0.5) is 0 Å². The minimum Gasteiger partial charge on any atom is -0.256 e. The number of hydrogen-bond acceptors (Lipinski definition) is 1. The molecule has 27 heavy (non-hydrogen) atoms. The normalized spacial score (nSPS) is 11.3. The molecule has 0 aliphatic carbocycles. The predicted octanol–water partition coefficient (Wildman–Crippen LogP) is 6.74. The van der Waals surface area contributed by atoms with Crippen LogP contribution >= 0.6 is 0 Å². The summed E-state index contributed by atoms with van der Waals surface area (Å²) < 4.78 is 0. The molecule has 0 saturated heterocycles. The highest BCUT2D eigenvalue weighted by Gasteiger charge is 2.23. The van der Waals surface area contributed by atoms with Crippen molar-refractivity contribution in [2.24, 2.45) is 0 Å². The zero-order chi connectivity index (χ0) is 18.7. The highest BCUT2D eigenvalue weighted by molar-refractivity contribution is 5.70. The lowest BCUT2D eigenvalue weighted by molar-refractivity contribution is 0.641. The van der Waals surface area contributed by atoms with Crippen molar-refractivity contribution in [3.63, 3.8) is 0 Å². The van der Waals surface area contributed by atoms with E-state index in [9.17, 15) is 0 Å². The molecule has 132 valence electrons. The first-order valence-electron chi connectivity index (χ1n) is 9.32. The predicted molar refractivity (Wildman–Crippen MR) is 114 cm³/mol. The van der Waals surface area contributed by atoms with E-state index in [1.165, 1.54) is 22.3 Å². The molecule has 0 N–H and O–H groups in total. The summed E-state index contributed by atoms with van der Waals surface area (Å²) >= 11 is 0. The number of nitrogens with zero attached hydrogens (tertiary/aromatic N) is 1. The second kappa shape index (κ2) is 7.20. The Balaban J connectivity index is 1.74. The molecule has 0 radical (unpaired) electrons. The van der Waals surface area contributed by atoms with E-state index in [1.807, 2.05) is 12.3 Å². The topological polar surface area (TPSA) is 12.9 Å². The van der Waals surface area contributed by atoms with Crippen molar-refractivity contribution in [3.05, 3.63) is 114 Å². The van der Waals surface area contributed by atoms with E-state index >= 15 is 0 Å². The SMILES string of the molecule is CC(C)(c1ccccc1)c1cccc(-c2cc(-c3ccccc3)ccn2)c1. The molecule has 1 aromatic heterocycles. The molecule has 1 heterocycles. The number of pyridine rings is 1. The summed E-state index contributed by atoms with van der Waals surface area (Å²) in [4.78, 5) is 4.63. The van der Waals surface area contributed by atoms with Crippen LogP contribution in [0.2, 0.25) is 0 Å². The third kappa shape index (κ3) is 3.54. The van der Waals surface area contributed by atoms with Gasteiger partial charge in [-0.15, -0.1) is 0 Å². The molecular formula is C26H23N. The number of rotatable bonds is 4. The number of benzene rings is 3. The van der Waals surface area contributed by atoms with Gasteiger partial charge >= 0.3 is 0 Å². The van der Waals surface area contributed by atoms with Crippen molar-refractivity contribution in [2.75, 3.05) is 0 Å². The quantitative estimate of drug-likeness (QED) is 0.397. The zero-order valence-electron chi connectivity index (χ0n) is 15.8. The average molecular weight is 349 g/mol. The lowest BCUT2D eigenvalue weighted by Crippen LogP contribution is -2.18. The van der Waals surface area contributed by atoms with Gasteiger partial charge in [-0.1, -0.05) is 92.7 Å². The Hall–Kier alpha value is -3.19. The van der Waals surface area contributed by atoms with Gasteiger partial charge in [0.15, 0.2) is 0 Å². The van der Waals surface area contributed by atoms with Gasteiger partial charge in [0.2, 0.25) is 0 Å².